The molecule has 0 amide bonds. The summed E-state index contributed by atoms with van der Waals surface area (Å²) in [5, 5.41) is 13.3. The molecule has 0 unspecified atom stereocenters. The molecule has 1 saturated carbocycles. The maximum atomic E-state index is 9.76. The molecule has 9 nitrogen and oxygen atoms in total. The lowest BCUT2D eigenvalue weighted by Crippen LogP contribution is -2.31. The first-order valence-electron chi connectivity index (χ1n) is 11.2. The molecule has 2 N–H and O–H groups in total. The Morgan fingerprint density at radius 2 is 1.97 bits per heavy atom. The first kappa shape index (κ1) is 21.3. The number of rotatable bonds is 6. The number of hydrogen-bond acceptors (Lipinski definition) is 8. The van der Waals surface area contributed by atoms with Crippen LogP contribution in [0.2, 0.25) is 5.28 Å². The number of nitrogens with one attached hydrogen (secondary N) is 1. The largest absolute Gasteiger partial charge is 0.394 e. The summed E-state index contributed by atoms with van der Waals surface area (Å²) in [4.78, 5) is 13.3. The number of fused-ring (bicyclic) bond motifs is 2. The molecule has 3 fully saturated rings. The van der Waals surface area contributed by atoms with Crippen LogP contribution >= 0.6 is 11.6 Å². The molecule has 170 valence electrons. The molecule has 2 saturated heterocycles. The monoisotopic (exact) mass is 451 g/mol. The van der Waals surface area contributed by atoms with Crippen LogP contribution in [0.15, 0.2) is 6.33 Å². The van der Waals surface area contributed by atoms with Crippen LogP contribution in [-0.2, 0) is 14.2 Å². The van der Waals surface area contributed by atoms with Gasteiger partial charge in [0.25, 0.3) is 0 Å². The second-order valence-corrected chi connectivity index (χ2v) is 9.54. The highest BCUT2D eigenvalue weighted by atomic mass is 35.5. The standard InChI is InChI=1S/C21H30ClN5O4/c1-21(2)30-15-13(10-28)29-19(16(15)31-21)27-11-24-14-17(25-20(22)26-18(14)27)23-9-8-12-6-4-3-5-7-12/h11-13,15-16,19,28H,3-10H2,1-2H3,(H,23,25,26)/t13-,15-,16-,19-/m1/s1. The lowest BCUT2D eigenvalue weighted by Gasteiger charge is -2.24. The average molecular weight is 452 g/mol. The van der Waals surface area contributed by atoms with Crippen LogP contribution in [0.3, 0.4) is 0 Å². The van der Waals surface area contributed by atoms with E-state index in [2.05, 4.69) is 20.3 Å². The van der Waals surface area contributed by atoms with Crippen molar-refractivity contribution in [2.24, 2.45) is 5.92 Å². The Hall–Kier alpha value is -1.52. The van der Waals surface area contributed by atoms with Crippen molar-refractivity contribution in [2.45, 2.75) is 82.7 Å². The van der Waals surface area contributed by atoms with Gasteiger partial charge in [-0.1, -0.05) is 32.1 Å². The summed E-state index contributed by atoms with van der Waals surface area (Å²) in [6, 6.07) is 0. The fourth-order valence-electron chi connectivity index (χ4n) is 5.10. The molecular weight excluding hydrogens is 422 g/mol. The highest BCUT2D eigenvalue weighted by Crippen LogP contribution is 2.43. The normalized spacial score (nSPS) is 30.7. The number of ether oxygens (including phenoxy) is 3. The van der Waals surface area contributed by atoms with E-state index in [1.165, 1.54) is 32.1 Å². The number of hydrogen-bond donors (Lipinski definition) is 2. The van der Waals surface area contributed by atoms with Gasteiger partial charge in [-0.3, -0.25) is 4.57 Å². The maximum Gasteiger partial charge on any atom is 0.226 e. The van der Waals surface area contributed by atoms with E-state index in [4.69, 9.17) is 25.8 Å². The van der Waals surface area contributed by atoms with Crippen LogP contribution in [-0.4, -0.2) is 61.9 Å². The highest BCUT2D eigenvalue weighted by molar-refractivity contribution is 6.28. The summed E-state index contributed by atoms with van der Waals surface area (Å²) in [6.45, 7) is 4.38. The summed E-state index contributed by atoms with van der Waals surface area (Å²) in [6.07, 6.45) is 7.64. The molecule has 0 aromatic carbocycles. The van der Waals surface area contributed by atoms with Gasteiger partial charge in [0.2, 0.25) is 5.28 Å². The summed E-state index contributed by atoms with van der Waals surface area (Å²) < 4.78 is 19.9. The minimum absolute atomic E-state index is 0.145. The van der Waals surface area contributed by atoms with Crippen molar-refractivity contribution < 1.29 is 19.3 Å². The van der Waals surface area contributed by atoms with Crippen molar-refractivity contribution in [1.29, 1.82) is 0 Å². The van der Waals surface area contributed by atoms with E-state index < -0.39 is 18.1 Å². The zero-order valence-corrected chi connectivity index (χ0v) is 18.7. The lowest BCUT2D eigenvalue weighted by molar-refractivity contribution is -0.199. The zero-order chi connectivity index (χ0) is 21.6. The van der Waals surface area contributed by atoms with Gasteiger partial charge in [-0.05, 0) is 37.8 Å². The highest BCUT2D eigenvalue weighted by Gasteiger charge is 2.56. The molecular formula is C21H30ClN5O4. The number of aromatic nitrogens is 4. The Morgan fingerprint density at radius 3 is 2.74 bits per heavy atom. The Balaban J connectivity index is 1.38. The van der Waals surface area contributed by atoms with E-state index in [0.717, 1.165) is 18.9 Å². The van der Waals surface area contributed by atoms with Crippen molar-refractivity contribution in [3.05, 3.63) is 11.6 Å². The van der Waals surface area contributed by atoms with Crippen LogP contribution in [0.5, 0.6) is 0 Å². The van der Waals surface area contributed by atoms with E-state index in [0.29, 0.717) is 17.0 Å². The maximum absolute atomic E-state index is 9.76. The van der Waals surface area contributed by atoms with E-state index >= 15 is 0 Å². The van der Waals surface area contributed by atoms with Gasteiger partial charge in [-0.25, -0.2) is 4.98 Å². The van der Waals surface area contributed by atoms with E-state index in [1.807, 2.05) is 13.8 Å². The molecule has 10 heteroatoms. The fraction of sp³-hybridized carbons (Fsp3) is 0.762. The predicted octanol–water partition coefficient (Wildman–Crippen LogP) is 3.27. The molecule has 0 spiro atoms. The Bertz CT molecular complexity index is 932. The van der Waals surface area contributed by atoms with Gasteiger partial charge in [0, 0.05) is 6.54 Å². The van der Waals surface area contributed by atoms with Crippen LogP contribution in [0.4, 0.5) is 5.82 Å². The summed E-state index contributed by atoms with van der Waals surface area (Å²) in [5.74, 6) is 0.648. The molecule has 5 rings (SSSR count). The van der Waals surface area contributed by atoms with Crippen LogP contribution in [0.25, 0.3) is 11.2 Å². The van der Waals surface area contributed by atoms with Gasteiger partial charge in [0.05, 0.1) is 12.9 Å². The lowest BCUT2D eigenvalue weighted by atomic mass is 9.87. The molecule has 4 heterocycles. The van der Waals surface area contributed by atoms with Crippen LogP contribution in [0.1, 0.15) is 58.6 Å². The van der Waals surface area contributed by atoms with Gasteiger partial charge in [-0.15, -0.1) is 0 Å². The first-order chi connectivity index (χ1) is 14.9. The van der Waals surface area contributed by atoms with E-state index in [9.17, 15) is 5.11 Å². The van der Waals surface area contributed by atoms with Crippen LogP contribution in [0, 0.1) is 5.92 Å². The third-order valence-electron chi connectivity index (χ3n) is 6.54. The number of imidazole rings is 1. The van der Waals surface area contributed by atoms with Crippen molar-refractivity contribution in [3.63, 3.8) is 0 Å². The SMILES string of the molecule is CC1(C)O[C@@H]2[C@H](O1)[C@@H](CO)O[C@H]2n1cnc2c(NCCC3CCCCC3)nc(Cl)nc21. The molecule has 3 aliphatic rings. The second kappa shape index (κ2) is 8.44. The number of nitrogens with zero attached hydrogens (tertiary/aromatic N) is 4. The topological polar surface area (TPSA) is 104 Å². The molecule has 31 heavy (non-hydrogen) atoms. The zero-order valence-electron chi connectivity index (χ0n) is 18.0. The molecule has 0 bridgehead atoms. The van der Waals surface area contributed by atoms with Crippen molar-refractivity contribution in [1.82, 2.24) is 19.5 Å². The van der Waals surface area contributed by atoms with Gasteiger partial charge in [0.1, 0.15) is 18.3 Å². The minimum Gasteiger partial charge on any atom is -0.394 e. The third kappa shape index (κ3) is 4.14. The number of aliphatic hydroxyl groups excluding tert-OH is 1. The van der Waals surface area contributed by atoms with Crippen molar-refractivity contribution >= 4 is 28.6 Å². The minimum atomic E-state index is -0.750. The fourth-order valence-corrected chi connectivity index (χ4v) is 5.26. The molecule has 2 aromatic heterocycles. The van der Waals surface area contributed by atoms with Crippen molar-refractivity contribution in [2.75, 3.05) is 18.5 Å². The van der Waals surface area contributed by atoms with Gasteiger partial charge in [-0.2, -0.15) is 9.97 Å². The molecule has 2 aliphatic heterocycles. The summed E-state index contributed by atoms with van der Waals surface area (Å²) in [5.41, 5.74) is 1.20. The number of halogens is 1. The second-order valence-electron chi connectivity index (χ2n) is 9.20. The Kier molecular flexibility index (Phi) is 5.81. The summed E-state index contributed by atoms with van der Waals surface area (Å²) in [7, 11) is 0. The number of anilines is 1. The van der Waals surface area contributed by atoms with E-state index in [-0.39, 0.29) is 24.1 Å². The Labute approximate surface area is 186 Å². The summed E-state index contributed by atoms with van der Waals surface area (Å²) >= 11 is 6.26. The van der Waals surface area contributed by atoms with Gasteiger partial charge in [0.15, 0.2) is 29.0 Å². The molecule has 2 aromatic rings. The molecule has 1 aliphatic carbocycles. The van der Waals surface area contributed by atoms with Gasteiger partial charge >= 0.3 is 0 Å². The number of aliphatic hydroxyl groups is 1. The first-order valence-corrected chi connectivity index (χ1v) is 11.6. The smallest absolute Gasteiger partial charge is 0.226 e. The predicted molar refractivity (Wildman–Crippen MR) is 115 cm³/mol. The average Bonchev–Trinajstić information content (AvgIpc) is 3.39. The van der Waals surface area contributed by atoms with Crippen LogP contribution < -0.4 is 5.32 Å². The molecule has 4 atom stereocenters. The third-order valence-corrected chi connectivity index (χ3v) is 6.71. The Morgan fingerprint density at radius 1 is 1.19 bits per heavy atom. The quantitative estimate of drug-likeness (QED) is 0.645. The van der Waals surface area contributed by atoms with Crippen molar-refractivity contribution in [3.8, 4) is 0 Å². The van der Waals surface area contributed by atoms with E-state index in [1.54, 1.807) is 10.9 Å². The van der Waals surface area contributed by atoms with Gasteiger partial charge < -0.3 is 24.6 Å². The molecule has 0 radical (unpaired) electrons.